The van der Waals surface area contributed by atoms with E-state index in [1.54, 1.807) is 0 Å². The van der Waals surface area contributed by atoms with Crippen LogP contribution in [0.1, 0.15) is 33.1 Å². The van der Waals surface area contributed by atoms with Gasteiger partial charge in [0.05, 0.1) is 11.6 Å². The van der Waals surface area contributed by atoms with E-state index >= 15 is 0 Å². The second-order valence-corrected chi connectivity index (χ2v) is 5.12. The van der Waals surface area contributed by atoms with E-state index in [2.05, 4.69) is 5.16 Å². The van der Waals surface area contributed by atoms with Crippen molar-refractivity contribution in [2.75, 3.05) is 5.75 Å². The molecule has 2 unspecified atom stereocenters. The van der Waals surface area contributed by atoms with Crippen LogP contribution in [0.25, 0.3) is 0 Å². The fourth-order valence-electron chi connectivity index (χ4n) is 2.38. The summed E-state index contributed by atoms with van der Waals surface area (Å²) in [6.07, 6.45) is 2.96. The maximum Gasteiger partial charge on any atom is 0.236 e. The fourth-order valence-corrected chi connectivity index (χ4v) is 3.17. The Morgan fingerprint density at radius 2 is 2.57 bits per heavy atom. The minimum atomic E-state index is -0.592. The van der Waals surface area contributed by atoms with Crippen LogP contribution in [-0.2, 0) is 9.63 Å². The molecule has 2 rings (SSSR count). The normalized spacial score (nSPS) is 35.0. The minimum absolute atomic E-state index is 0.170. The van der Waals surface area contributed by atoms with Crippen molar-refractivity contribution in [2.24, 2.45) is 11.1 Å². The predicted octanol–water partition coefficient (Wildman–Crippen LogP) is 2.21. The summed E-state index contributed by atoms with van der Waals surface area (Å²) in [5, 5.41) is 4.15. The molecule has 0 aromatic heterocycles. The van der Waals surface area contributed by atoms with Gasteiger partial charge in [-0.15, -0.1) is 0 Å². The van der Waals surface area contributed by atoms with E-state index in [1.165, 1.54) is 11.8 Å². The van der Waals surface area contributed by atoms with Gasteiger partial charge in [-0.3, -0.25) is 4.79 Å². The van der Waals surface area contributed by atoms with Crippen molar-refractivity contribution in [2.45, 2.75) is 38.7 Å². The summed E-state index contributed by atoms with van der Waals surface area (Å²) >= 11 is 1.36. The predicted molar refractivity (Wildman–Crippen MR) is 57.4 cm³/mol. The molecule has 1 heterocycles. The lowest BCUT2D eigenvalue weighted by atomic mass is 9.89. The topological polar surface area (TPSA) is 38.7 Å². The number of hydrogen-bond acceptors (Lipinski definition) is 4. The van der Waals surface area contributed by atoms with Gasteiger partial charge in [-0.05, 0) is 31.9 Å². The van der Waals surface area contributed by atoms with Crippen molar-refractivity contribution in [3.05, 3.63) is 0 Å². The third-order valence-corrected chi connectivity index (χ3v) is 3.98. The first kappa shape index (κ1) is 10.0. The molecular formula is C10H15NO2S. The molecule has 0 spiro atoms. The average molecular weight is 213 g/mol. The summed E-state index contributed by atoms with van der Waals surface area (Å²) in [5.74, 6) is 1.06. The number of carbonyl (C=O) groups excluding carboxylic acids is 1. The molecule has 1 saturated carbocycles. The summed E-state index contributed by atoms with van der Waals surface area (Å²) in [5.41, 5.74) is 0.401. The van der Waals surface area contributed by atoms with E-state index in [0.29, 0.717) is 0 Å². The van der Waals surface area contributed by atoms with Crippen LogP contribution in [0.3, 0.4) is 0 Å². The Morgan fingerprint density at radius 3 is 3.29 bits per heavy atom. The Kier molecular flexibility index (Phi) is 2.56. The van der Waals surface area contributed by atoms with Crippen LogP contribution < -0.4 is 0 Å². The molecule has 14 heavy (non-hydrogen) atoms. The minimum Gasteiger partial charge on any atom is -0.380 e. The average Bonchev–Trinajstić information content (AvgIpc) is 2.69. The Labute approximate surface area is 88.3 Å². The third-order valence-electron chi connectivity index (χ3n) is 3.08. The second-order valence-electron chi connectivity index (χ2n) is 3.88. The number of carbonyl (C=O) groups is 1. The summed E-state index contributed by atoms with van der Waals surface area (Å²) < 4.78 is 0. The Balaban J connectivity index is 2.20. The molecule has 1 aliphatic carbocycles. The highest BCUT2D eigenvalue weighted by Crippen LogP contribution is 2.46. The number of oxime groups is 1. The molecule has 78 valence electrons. The van der Waals surface area contributed by atoms with Crippen LogP contribution in [0.2, 0.25) is 0 Å². The SMILES string of the molecule is CCSC(=O)C12CCCC1C(C)=NO2. The van der Waals surface area contributed by atoms with Crippen molar-refractivity contribution >= 4 is 22.6 Å². The van der Waals surface area contributed by atoms with Crippen LogP contribution in [0.4, 0.5) is 0 Å². The molecule has 0 aromatic carbocycles. The maximum absolute atomic E-state index is 12.0. The molecule has 0 amide bonds. The van der Waals surface area contributed by atoms with Crippen molar-refractivity contribution < 1.29 is 9.63 Å². The van der Waals surface area contributed by atoms with Crippen LogP contribution >= 0.6 is 11.8 Å². The third kappa shape index (κ3) is 1.28. The summed E-state index contributed by atoms with van der Waals surface area (Å²) in [6, 6.07) is 0. The largest absolute Gasteiger partial charge is 0.380 e. The summed E-state index contributed by atoms with van der Waals surface area (Å²) in [4.78, 5) is 17.4. The molecule has 0 aromatic rings. The van der Waals surface area contributed by atoms with Gasteiger partial charge in [0.2, 0.25) is 10.7 Å². The van der Waals surface area contributed by atoms with E-state index in [0.717, 1.165) is 30.7 Å². The molecule has 0 saturated heterocycles. The van der Waals surface area contributed by atoms with E-state index in [4.69, 9.17) is 4.84 Å². The standard InChI is InChI=1S/C10H15NO2S/c1-3-14-9(12)10-6-4-5-8(10)7(2)11-13-10/h8H,3-6H2,1-2H3. The lowest BCUT2D eigenvalue weighted by Crippen LogP contribution is -2.40. The zero-order valence-electron chi connectivity index (χ0n) is 8.58. The highest BCUT2D eigenvalue weighted by atomic mass is 32.2. The number of thioether (sulfide) groups is 1. The van der Waals surface area contributed by atoms with Crippen molar-refractivity contribution in [1.29, 1.82) is 0 Å². The number of fused-ring (bicyclic) bond motifs is 1. The highest BCUT2D eigenvalue weighted by Gasteiger charge is 2.56. The van der Waals surface area contributed by atoms with E-state index in [9.17, 15) is 4.79 Å². The van der Waals surface area contributed by atoms with Gasteiger partial charge in [0.1, 0.15) is 0 Å². The lowest BCUT2D eigenvalue weighted by Gasteiger charge is -2.24. The lowest BCUT2D eigenvalue weighted by molar-refractivity contribution is -0.133. The second kappa shape index (κ2) is 3.57. The van der Waals surface area contributed by atoms with Crippen LogP contribution in [0, 0.1) is 5.92 Å². The first-order valence-electron chi connectivity index (χ1n) is 5.10. The van der Waals surface area contributed by atoms with E-state index in [1.807, 2.05) is 13.8 Å². The van der Waals surface area contributed by atoms with Gasteiger partial charge in [-0.25, -0.2) is 0 Å². The van der Waals surface area contributed by atoms with Gasteiger partial charge < -0.3 is 4.84 Å². The van der Waals surface area contributed by atoms with Gasteiger partial charge in [0, 0.05) is 0 Å². The van der Waals surface area contributed by atoms with Crippen molar-refractivity contribution in [3.63, 3.8) is 0 Å². The summed E-state index contributed by atoms with van der Waals surface area (Å²) in [7, 11) is 0. The van der Waals surface area contributed by atoms with Crippen molar-refractivity contribution in [1.82, 2.24) is 0 Å². The Hall–Kier alpha value is -0.510. The number of nitrogens with zero attached hydrogens (tertiary/aromatic N) is 1. The molecule has 0 N–H and O–H groups in total. The number of hydrogen-bond donors (Lipinski definition) is 0. The maximum atomic E-state index is 12.0. The first-order chi connectivity index (χ1) is 6.70. The van der Waals surface area contributed by atoms with Crippen LogP contribution in [-0.4, -0.2) is 22.2 Å². The molecule has 3 nitrogen and oxygen atoms in total. The zero-order chi connectivity index (χ0) is 10.2. The smallest absolute Gasteiger partial charge is 0.236 e. The molecular weight excluding hydrogens is 198 g/mol. The monoisotopic (exact) mass is 213 g/mol. The van der Waals surface area contributed by atoms with Gasteiger partial charge in [0.25, 0.3) is 0 Å². The molecule has 0 bridgehead atoms. The van der Waals surface area contributed by atoms with Crippen LogP contribution in [0.15, 0.2) is 5.16 Å². The van der Waals surface area contributed by atoms with Crippen LogP contribution in [0.5, 0.6) is 0 Å². The Bertz CT molecular complexity index is 290. The van der Waals surface area contributed by atoms with Crippen molar-refractivity contribution in [3.8, 4) is 0 Å². The van der Waals surface area contributed by atoms with Gasteiger partial charge in [-0.2, -0.15) is 0 Å². The molecule has 1 fully saturated rings. The van der Waals surface area contributed by atoms with E-state index in [-0.39, 0.29) is 11.0 Å². The molecule has 4 heteroatoms. The summed E-state index contributed by atoms with van der Waals surface area (Å²) in [6.45, 7) is 3.95. The van der Waals surface area contributed by atoms with Gasteiger partial charge in [0.15, 0.2) is 0 Å². The molecule has 1 aliphatic heterocycles. The molecule has 0 radical (unpaired) electrons. The zero-order valence-corrected chi connectivity index (χ0v) is 9.39. The molecule has 2 atom stereocenters. The quantitative estimate of drug-likeness (QED) is 0.706. The molecule has 2 aliphatic rings. The van der Waals surface area contributed by atoms with E-state index < -0.39 is 5.60 Å². The van der Waals surface area contributed by atoms with Gasteiger partial charge >= 0.3 is 0 Å². The Morgan fingerprint density at radius 1 is 1.79 bits per heavy atom. The first-order valence-corrected chi connectivity index (χ1v) is 6.09. The van der Waals surface area contributed by atoms with Gasteiger partial charge in [-0.1, -0.05) is 23.8 Å². The number of rotatable bonds is 2. The fraction of sp³-hybridized carbons (Fsp3) is 0.800. The highest BCUT2D eigenvalue weighted by molar-refractivity contribution is 8.13.